The standard InChI is InChI=1S/C17H10Cl2N4OS/c18-10-4-3-8(6-11(10)19)15-14-13(12-2-1-5-25-12)9(7-20)16(21)24-17(14)23-22-15/h1-6,13H,21H2,(H,22,23)/t13-/m1/s1. The van der Waals surface area contributed by atoms with Gasteiger partial charge in [-0.1, -0.05) is 35.3 Å². The fraction of sp³-hybridized carbons (Fsp3) is 0.0588. The van der Waals surface area contributed by atoms with Crippen LogP contribution in [0.3, 0.4) is 0 Å². The fourth-order valence-corrected chi connectivity index (χ4v) is 4.00. The van der Waals surface area contributed by atoms with Crippen molar-refractivity contribution in [3.63, 3.8) is 0 Å². The van der Waals surface area contributed by atoms with Crippen molar-refractivity contribution in [1.82, 2.24) is 10.2 Å². The van der Waals surface area contributed by atoms with Crippen LogP contribution < -0.4 is 10.5 Å². The zero-order valence-electron chi connectivity index (χ0n) is 12.6. The number of rotatable bonds is 2. The number of fused-ring (bicyclic) bond motifs is 1. The molecule has 3 heterocycles. The number of halogens is 2. The van der Waals surface area contributed by atoms with E-state index in [0.29, 0.717) is 27.2 Å². The van der Waals surface area contributed by atoms with Crippen molar-refractivity contribution in [1.29, 1.82) is 5.26 Å². The van der Waals surface area contributed by atoms with Crippen LogP contribution in [0.5, 0.6) is 5.88 Å². The summed E-state index contributed by atoms with van der Waals surface area (Å²) in [5.41, 5.74) is 8.57. The maximum atomic E-state index is 9.60. The van der Waals surface area contributed by atoms with Crippen LogP contribution in [0, 0.1) is 11.3 Å². The van der Waals surface area contributed by atoms with E-state index in [1.165, 1.54) is 0 Å². The van der Waals surface area contributed by atoms with Crippen molar-refractivity contribution in [2.24, 2.45) is 5.73 Å². The van der Waals surface area contributed by atoms with Crippen molar-refractivity contribution < 1.29 is 4.74 Å². The second-order valence-corrected chi connectivity index (χ2v) is 7.18. The minimum absolute atomic E-state index is 0.0700. The number of aromatic amines is 1. The first kappa shape index (κ1) is 16.0. The Kier molecular flexibility index (Phi) is 3.92. The van der Waals surface area contributed by atoms with E-state index < -0.39 is 0 Å². The molecule has 1 aromatic carbocycles. The quantitative estimate of drug-likeness (QED) is 0.667. The molecule has 25 heavy (non-hydrogen) atoms. The van der Waals surface area contributed by atoms with E-state index in [1.807, 2.05) is 23.6 Å². The number of allylic oxidation sites excluding steroid dienone is 1. The lowest BCUT2D eigenvalue weighted by molar-refractivity contribution is 0.379. The average molecular weight is 389 g/mol. The number of thiophene rings is 1. The van der Waals surface area contributed by atoms with Gasteiger partial charge in [0, 0.05) is 10.4 Å². The van der Waals surface area contributed by atoms with Crippen LogP contribution in [0.15, 0.2) is 47.2 Å². The first-order valence-corrected chi connectivity index (χ1v) is 8.88. The summed E-state index contributed by atoms with van der Waals surface area (Å²) in [6.07, 6.45) is 0. The molecule has 0 saturated heterocycles. The van der Waals surface area contributed by atoms with Gasteiger partial charge in [0.1, 0.15) is 11.6 Å². The highest BCUT2D eigenvalue weighted by molar-refractivity contribution is 7.10. The Morgan fingerprint density at radius 2 is 2.12 bits per heavy atom. The van der Waals surface area contributed by atoms with Gasteiger partial charge in [-0.15, -0.1) is 16.4 Å². The number of nitriles is 1. The molecule has 0 fully saturated rings. The van der Waals surface area contributed by atoms with E-state index in [1.54, 1.807) is 23.5 Å². The Morgan fingerprint density at radius 1 is 1.28 bits per heavy atom. The second-order valence-electron chi connectivity index (χ2n) is 5.39. The summed E-state index contributed by atoms with van der Waals surface area (Å²) >= 11 is 13.7. The molecule has 4 rings (SSSR count). The number of hydrogen-bond donors (Lipinski definition) is 2. The van der Waals surface area contributed by atoms with Gasteiger partial charge in [-0.05, 0) is 23.6 Å². The highest BCUT2D eigenvalue weighted by Crippen LogP contribution is 2.47. The van der Waals surface area contributed by atoms with Gasteiger partial charge in [-0.3, -0.25) is 5.10 Å². The SMILES string of the molecule is N#CC1=C(N)Oc2n[nH]c(-c3ccc(Cl)c(Cl)c3)c2[C@H]1c1cccs1. The number of nitrogens with one attached hydrogen (secondary N) is 1. The fourth-order valence-electron chi connectivity index (χ4n) is 2.86. The zero-order chi connectivity index (χ0) is 17.6. The molecule has 0 radical (unpaired) electrons. The Hall–Kier alpha value is -2.46. The summed E-state index contributed by atoms with van der Waals surface area (Å²) in [6.45, 7) is 0. The lowest BCUT2D eigenvalue weighted by Gasteiger charge is -2.22. The number of aromatic nitrogens is 2. The molecular weight excluding hydrogens is 379 g/mol. The van der Waals surface area contributed by atoms with Gasteiger partial charge >= 0.3 is 0 Å². The summed E-state index contributed by atoms with van der Waals surface area (Å²) in [6, 6.07) is 11.4. The Bertz CT molecular complexity index is 1030. The van der Waals surface area contributed by atoms with Crippen molar-refractivity contribution in [3.05, 3.63) is 67.7 Å². The van der Waals surface area contributed by atoms with Gasteiger partial charge in [0.15, 0.2) is 0 Å². The van der Waals surface area contributed by atoms with Gasteiger partial charge in [-0.2, -0.15) is 5.26 Å². The number of nitrogens with two attached hydrogens (primary N) is 1. The summed E-state index contributed by atoms with van der Waals surface area (Å²) in [5, 5.41) is 19.6. The van der Waals surface area contributed by atoms with Crippen LogP contribution in [0.1, 0.15) is 16.4 Å². The molecule has 0 unspecified atom stereocenters. The van der Waals surface area contributed by atoms with Gasteiger partial charge < -0.3 is 10.5 Å². The normalized spacial score (nSPS) is 16.3. The molecular formula is C17H10Cl2N4OS. The van der Waals surface area contributed by atoms with Crippen LogP contribution >= 0.6 is 34.5 Å². The Morgan fingerprint density at radius 3 is 2.80 bits per heavy atom. The van der Waals surface area contributed by atoms with Gasteiger partial charge in [0.2, 0.25) is 11.8 Å². The molecule has 0 amide bonds. The number of benzene rings is 1. The maximum Gasteiger partial charge on any atom is 0.244 e. The number of hydrogen-bond acceptors (Lipinski definition) is 5. The third kappa shape index (κ3) is 2.57. The molecule has 1 atom stereocenters. The first-order chi connectivity index (χ1) is 12.1. The summed E-state index contributed by atoms with van der Waals surface area (Å²) < 4.78 is 5.56. The van der Waals surface area contributed by atoms with E-state index >= 15 is 0 Å². The van der Waals surface area contributed by atoms with Crippen LogP contribution in [0.4, 0.5) is 0 Å². The van der Waals surface area contributed by atoms with Gasteiger partial charge in [0.25, 0.3) is 0 Å². The van der Waals surface area contributed by atoms with Crippen LogP contribution in [-0.4, -0.2) is 10.2 Å². The molecule has 3 aromatic rings. The molecule has 0 aliphatic carbocycles. The van der Waals surface area contributed by atoms with Crippen LogP contribution in [0.25, 0.3) is 11.3 Å². The molecule has 1 aliphatic heterocycles. The lowest BCUT2D eigenvalue weighted by atomic mass is 9.87. The molecule has 0 bridgehead atoms. The Labute approximate surface area is 157 Å². The smallest absolute Gasteiger partial charge is 0.244 e. The monoisotopic (exact) mass is 388 g/mol. The molecule has 5 nitrogen and oxygen atoms in total. The van der Waals surface area contributed by atoms with Gasteiger partial charge in [0.05, 0.1) is 27.2 Å². The number of ether oxygens (including phenoxy) is 1. The maximum absolute atomic E-state index is 9.60. The first-order valence-electron chi connectivity index (χ1n) is 7.24. The molecule has 0 saturated carbocycles. The molecule has 1 aliphatic rings. The minimum atomic E-state index is -0.350. The summed E-state index contributed by atoms with van der Waals surface area (Å²) in [5.74, 6) is 0.0773. The van der Waals surface area contributed by atoms with Crippen molar-refractivity contribution in [2.45, 2.75) is 5.92 Å². The number of H-pyrrole nitrogens is 1. The minimum Gasteiger partial charge on any atom is -0.420 e. The number of nitrogens with zero attached hydrogens (tertiary/aromatic N) is 2. The van der Waals surface area contributed by atoms with E-state index in [0.717, 1.165) is 16.0 Å². The van der Waals surface area contributed by atoms with Crippen molar-refractivity contribution in [3.8, 4) is 23.2 Å². The van der Waals surface area contributed by atoms with E-state index in [2.05, 4.69) is 16.3 Å². The molecule has 2 aromatic heterocycles. The van der Waals surface area contributed by atoms with E-state index in [-0.39, 0.29) is 11.8 Å². The van der Waals surface area contributed by atoms with Crippen LogP contribution in [-0.2, 0) is 0 Å². The Balaban J connectivity index is 1.95. The second kappa shape index (κ2) is 6.12. The lowest BCUT2D eigenvalue weighted by Crippen LogP contribution is -2.20. The molecule has 124 valence electrons. The van der Waals surface area contributed by atoms with Gasteiger partial charge in [-0.25, -0.2) is 0 Å². The highest BCUT2D eigenvalue weighted by atomic mass is 35.5. The third-order valence-electron chi connectivity index (χ3n) is 3.97. The summed E-state index contributed by atoms with van der Waals surface area (Å²) in [7, 11) is 0. The highest BCUT2D eigenvalue weighted by Gasteiger charge is 2.36. The average Bonchev–Trinajstić information content (AvgIpc) is 3.25. The predicted molar refractivity (Wildman–Crippen MR) is 97.7 cm³/mol. The molecule has 0 spiro atoms. The van der Waals surface area contributed by atoms with E-state index in [9.17, 15) is 5.26 Å². The third-order valence-corrected chi connectivity index (χ3v) is 5.65. The van der Waals surface area contributed by atoms with Crippen LogP contribution in [0.2, 0.25) is 10.0 Å². The van der Waals surface area contributed by atoms with Crippen molar-refractivity contribution >= 4 is 34.5 Å². The summed E-state index contributed by atoms with van der Waals surface area (Å²) in [4.78, 5) is 0.978. The van der Waals surface area contributed by atoms with E-state index in [4.69, 9.17) is 33.7 Å². The zero-order valence-corrected chi connectivity index (χ0v) is 14.9. The largest absolute Gasteiger partial charge is 0.420 e. The predicted octanol–water partition coefficient (Wildman–Crippen LogP) is 4.66. The molecule has 8 heteroatoms. The van der Waals surface area contributed by atoms with Crippen molar-refractivity contribution in [2.75, 3.05) is 0 Å². The topological polar surface area (TPSA) is 87.7 Å². The molecule has 3 N–H and O–H groups in total.